The van der Waals surface area contributed by atoms with Crippen LogP contribution in [-0.4, -0.2) is 29.8 Å². The number of hydrogen-bond acceptors (Lipinski definition) is 3. The SMILES string of the molecule is CCC(NC1CC(=O)N(C)C1=O)c1cccc(Br)c1. The number of rotatable bonds is 4. The highest BCUT2D eigenvalue weighted by molar-refractivity contribution is 9.10. The van der Waals surface area contributed by atoms with Gasteiger partial charge in [0, 0.05) is 17.6 Å². The van der Waals surface area contributed by atoms with Crippen LogP contribution < -0.4 is 5.32 Å². The first-order chi connectivity index (χ1) is 9.02. The van der Waals surface area contributed by atoms with Crippen molar-refractivity contribution in [3.63, 3.8) is 0 Å². The number of imide groups is 1. The van der Waals surface area contributed by atoms with Crippen LogP contribution in [0.2, 0.25) is 0 Å². The molecule has 1 N–H and O–H groups in total. The van der Waals surface area contributed by atoms with Gasteiger partial charge in [-0.05, 0) is 24.1 Å². The molecule has 0 saturated carbocycles. The number of carbonyl (C=O) groups excluding carboxylic acids is 2. The standard InChI is InChI=1S/C14H17BrN2O2/c1-3-11(9-5-4-6-10(15)7-9)16-12-8-13(18)17(2)14(12)19/h4-7,11-12,16H,3,8H2,1-2H3. The Balaban J connectivity index is 2.12. The van der Waals surface area contributed by atoms with Crippen LogP contribution in [0.25, 0.3) is 0 Å². The third-order valence-electron chi connectivity index (χ3n) is 3.44. The van der Waals surface area contributed by atoms with Crippen molar-refractivity contribution >= 4 is 27.7 Å². The molecule has 102 valence electrons. The van der Waals surface area contributed by atoms with Gasteiger partial charge in [0.2, 0.25) is 11.8 Å². The highest BCUT2D eigenvalue weighted by Gasteiger charge is 2.36. The summed E-state index contributed by atoms with van der Waals surface area (Å²) in [5.41, 5.74) is 1.12. The minimum Gasteiger partial charge on any atom is -0.299 e. The van der Waals surface area contributed by atoms with Crippen LogP contribution in [0.4, 0.5) is 0 Å². The van der Waals surface area contributed by atoms with Gasteiger partial charge >= 0.3 is 0 Å². The van der Waals surface area contributed by atoms with Gasteiger partial charge in [-0.1, -0.05) is 35.0 Å². The number of likely N-dealkylation sites (tertiary alicyclic amines) is 1. The molecule has 1 aromatic rings. The number of nitrogens with zero attached hydrogens (tertiary/aromatic N) is 1. The molecule has 1 heterocycles. The van der Waals surface area contributed by atoms with E-state index in [1.807, 2.05) is 24.3 Å². The van der Waals surface area contributed by atoms with Gasteiger partial charge in [-0.15, -0.1) is 0 Å². The molecular formula is C14H17BrN2O2. The number of likely N-dealkylation sites (N-methyl/N-ethyl adjacent to an activating group) is 1. The predicted molar refractivity (Wildman–Crippen MR) is 76.5 cm³/mol. The zero-order valence-corrected chi connectivity index (χ0v) is 12.6. The molecule has 0 aromatic heterocycles. The zero-order valence-electron chi connectivity index (χ0n) is 11.0. The Labute approximate surface area is 121 Å². The molecule has 2 amide bonds. The van der Waals surface area contributed by atoms with Gasteiger partial charge in [-0.25, -0.2) is 0 Å². The lowest BCUT2D eigenvalue weighted by molar-refractivity contribution is -0.137. The predicted octanol–water partition coefficient (Wildman–Crippen LogP) is 2.25. The minimum absolute atomic E-state index is 0.0748. The minimum atomic E-state index is -0.401. The molecule has 19 heavy (non-hydrogen) atoms. The molecule has 0 spiro atoms. The number of halogens is 1. The van der Waals surface area contributed by atoms with Crippen LogP contribution >= 0.6 is 15.9 Å². The van der Waals surface area contributed by atoms with E-state index >= 15 is 0 Å². The topological polar surface area (TPSA) is 49.4 Å². The Hall–Kier alpha value is -1.20. The van der Waals surface area contributed by atoms with E-state index < -0.39 is 6.04 Å². The van der Waals surface area contributed by atoms with Crippen LogP contribution in [0.1, 0.15) is 31.4 Å². The summed E-state index contributed by atoms with van der Waals surface area (Å²) in [7, 11) is 1.53. The maximum absolute atomic E-state index is 11.9. The fourth-order valence-electron chi connectivity index (χ4n) is 2.30. The summed E-state index contributed by atoms with van der Waals surface area (Å²) < 4.78 is 1.01. The third-order valence-corrected chi connectivity index (χ3v) is 3.94. The van der Waals surface area contributed by atoms with Crippen LogP contribution in [0.5, 0.6) is 0 Å². The molecule has 1 aliphatic heterocycles. The van der Waals surface area contributed by atoms with Crippen LogP contribution in [0.3, 0.4) is 0 Å². The Morgan fingerprint density at radius 1 is 1.47 bits per heavy atom. The van der Waals surface area contributed by atoms with Crippen molar-refractivity contribution in [3.8, 4) is 0 Å². The first-order valence-corrected chi connectivity index (χ1v) is 7.14. The molecule has 2 rings (SSSR count). The van der Waals surface area contributed by atoms with Crippen molar-refractivity contribution < 1.29 is 9.59 Å². The lowest BCUT2D eigenvalue weighted by atomic mass is 10.0. The second-order valence-corrected chi connectivity index (χ2v) is 5.65. The van der Waals surface area contributed by atoms with E-state index in [1.54, 1.807) is 0 Å². The highest BCUT2D eigenvalue weighted by atomic mass is 79.9. The van der Waals surface area contributed by atoms with Gasteiger partial charge in [-0.2, -0.15) is 0 Å². The monoisotopic (exact) mass is 324 g/mol. The van der Waals surface area contributed by atoms with Crippen molar-refractivity contribution in [2.45, 2.75) is 31.8 Å². The van der Waals surface area contributed by atoms with E-state index in [4.69, 9.17) is 0 Å². The number of nitrogens with one attached hydrogen (secondary N) is 1. The van der Waals surface area contributed by atoms with E-state index in [1.165, 1.54) is 11.9 Å². The highest BCUT2D eigenvalue weighted by Crippen LogP contribution is 2.23. The summed E-state index contributed by atoms with van der Waals surface area (Å²) in [6.07, 6.45) is 1.11. The number of benzene rings is 1. The van der Waals surface area contributed by atoms with Gasteiger partial charge in [0.15, 0.2) is 0 Å². The van der Waals surface area contributed by atoms with Crippen molar-refractivity contribution in [1.29, 1.82) is 0 Å². The summed E-state index contributed by atoms with van der Waals surface area (Å²) in [4.78, 5) is 24.6. The summed E-state index contributed by atoms with van der Waals surface area (Å²) in [5.74, 6) is -0.259. The summed E-state index contributed by atoms with van der Waals surface area (Å²) in [5, 5.41) is 3.29. The largest absolute Gasteiger partial charge is 0.299 e. The Kier molecular flexibility index (Phi) is 4.37. The molecule has 1 aliphatic rings. The fourth-order valence-corrected chi connectivity index (χ4v) is 2.72. The average Bonchev–Trinajstić information content (AvgIpc) is 2.63. The van der Waals surface area contributed by atoms with E-state index in [-0.39, 0.29) is 24.3 Å². The number of hydrogen-bond donors (Lipinski definition) is 1. The molecule has 5 heteroatoms. The lowest BCUT2D eigenvalue weighted by Crippen LogP contribution is -2.39. The van der Waals surface area contributed by atoms with Crippen molar-refractivity contribution in [1.82, 2.24) is 10.2 Å². The smallest absolute Gasteiger partial charge is 0.246 e. The molecule has 0 aliphatic carbocycles. The number of carbonyl (C=O) groups is 2. The van der Waals surface area contributed by atoms with E-state index in [9.17, 15) is 9.59 Å². The Bertz CT molecular complexity index is 504. The first-order valence-electron chi connectivity index (χ1n) is 6.34. The van der Waals surface area contributed by atoms with Crippen molar-refractivity contribution in [3.05, 3.63) is 34.3 Å². The summed E-state index contributed by atoms with van der Waals surface area (Å²) in [6, 6.07) is 7.67. The maximum Gasteiger partial charge on any atom is 0.246 e. The van der Waals surface area contributed by atoms with Gasteiger partial charge in [0.25, 0.3) is 0 Å². The van der Waals surface area contributed by atoms with Crippen molar-refractivity contribution in [2.75, 3.05) is 7.05 Å². The maximum atomic E-state index is 11.9. The van der Waals surface area contributed by atoms with E-state index in [0.29, 0.717) is 0 Å². The molecule has 1 aromatic carbocycles. The van der Waals surface area contributed by atoms with Crippen LogP contribution in [0.15, 0.2) is 28.7 Å². The third kappa shape index (κ3) is 3.04. The Morgan fingerprint density at radius 2 is 2.21 bits per heavy atom. The van der Waals surface area contributed by atoms with Gasteiger partial charge in [0.1, 0.15) is 0 Å². The molecule has 2 unspecified atom stereocenters. The molecule has 0 bridgehead atoms. The van der Waals surface area contributed by atoms with Crippen molar-refractivity contribution in [2.24, 2.45) is 0 Å². The van der Waals surface area contributed by atoms with Crippen LogP contribution in [0, 0.1) is 0 Å². The quantitative estimate of drug-likeness (QED) is 0.864. The molecule has 1 saturated heterocycles. The number of amides is 2. The van der Waals surface area contributed by atoms with Gasteiger partial charge in [-0.3, -0.25) is 19.8 Å². The van der Waals surface area contributed by atoms with E-state index in [2.05, 4.69) is 28.2 Å². The Morgan fingerprint density at radius 3 is 2.74 bits per heavy atom. The zero-order chi connectivity index (χ0) is 14.0. The molecule has 0 radical (unpaired) electrons. The molecular weight excluding hydrogens is 308 g/mol. The summed E-state index contributed by atoms with van der Waals surface area (Å²) >= 11 is 3.45. The fraction of sp³-hybridized carbons (Fsp3) is 0.429. The summed E-state index contributed by atoms with van der Waals surface area (Å²) in [6.45, 7) is 2.06. The molecule has 2 atom stereocenters. The average molecular weight is 325 g/mol. The molecule has 1 fully saturated rings. The normalized spacial score (nSPS) is 21.0. The second-order valence-electron chi connectivity index (χ2n) is 4.73. The van der Waals surface area contributed by atoms with Gasteiger partial charge in [0.05, 0.1) is 12.5 Å². The van der Waals surface area contributed by atoms with Crippen LogP contribution in [-0.2, 0) is 9.59 Å². The van der Waals surface area contributed by atoms with E-state index in [0.717, 1.165) is 16.5 Å². The first kappa shape index (κ1) is 14.2. The second kappa shape index (κ2) is 5.84. The van der Waals surface area contributed by atoms with Gasteiger partial charge < -0.3 is 0 Å². The molecule has 4 nitrogen and oxygen atoms in total. The lowest BCUT2D eigenvalue weighted by Gasteiger charge is -2.21.